The predicted octanol–water partition coefficient (Wildman–Crippen LogP) is 4.61. The summed E-state index contributed by atoms with van der Waals surface area (Å²) in [4.78, 5) is 12.2. The molecule has 0 aliphatic rings. The zero-order valence-corrected chi connectivity index (χ0v) is 15.9. The van der Waals surface area contributed by atoms with Gasteiger partial charge in [-0.05, 0) is 48.0 Å². The molecule has 0 aliphatic carbocycles. The topological polar surface area (TPSA) is 73.6 Å². The number of hydrogen-bond donors (Lipinski definition) is 2. The van der Waals surface area contributed by atoms with Crippen molar-refractivity contribution in [3.63, 3.8) is 0 Å². The lowest BCUT2D eigenvalue weighted by molar-refractivity contribution is -0.118. The second-order valence-electron chi connectivity index (χ2n) is 6.18. The molecule has 5 nitrogen and oxygen atoms in total. The second-order valence-corrected chi connectivity index (χ2v) is 6.62. The Bertz CT molecular complexity index is 901. The fourth-order valence-electron chi connectivity index (χ4n) is 2.46. The fourth-order valence-corrected chi connectivity index (χ4v) is 2.64. The van der Waals surface area contributed by atoms with Gasteiger partial charge in [-0.15, -0.1) is 0 Å². The maximum absolute atomic E-state index is 12.2. The molecule has 3 rings (SSSR count). The first-order valence-corrected chi connectivity index (χ1v) is 9.19. The van der Waals surface area contributed by atoms with E-state index in [9.17, 15) is 4.79 Å². The molecule has 144 valence electrons. The Morgan fingerprint density at radius 3 is 2.43 bits per heavy atom. The predicted molar refractivity (Wildman–Crippen MR) is 111 cm³/mol. The third-order valence-electron chi connectivity index (χ3n) is 3.90. The van der Waals surface area contributed by atoms with Crippen LogP contribution in [0.15, 0.2) is 78.9 Å². The molecule has 0 fully saturated rings. The number of ether oxygens (including phenoxy) is 2. The van der Waals surface area contributed by atoms with Gasteiger partial charge < -0.3 is 20.5 Å². The fraction of sp³-hybridized carbons (Fsp3) is 0.136. The minimum absolute atomic E-state index is 0.136. The van der Waals surface area contributed by atoms with Crippen molar-refractivity contribution in [1.29, 1.82) is 0 Å². The highest BCUT2D eigenvalue weighted by molar-refractivity contribution is 6.30. The standard InChI is InChI=1S/C22H21ClN2O3/c23-17-7-4-8-20(13-17)28-19-11-9-18(10-12-19)25-22(26)21(24)15-27-14-16-5-2-1-3-6-16/h1-13,21H,14-15,24H2,(H,25,26)/t21-/m0/s1. The maximum Gasteiger partial charge on any atom is 0.243 e. The summed E-state index contributed by atoms with van der Waals surface area (Å²) in [5.74, 6) is 0.967. The SMILES string of the molecule is N[C@@H](COCc1ccccc1)C(=O)Nc1ccc(Oc2cccc(Cl)c2)cc1. The molecule has 0 radical (unpaired) electrons. The number of nitrogens with two attached hydrogens (primary N) is 1. The first-order valence-electron chi connectivity index (χ1n) is 8.82. The molecule has 3 aromatic carbocycles. The monoisotopic (exact) mass is 396 g/mol. The van der Waals surface area contributed by atoms with Crippen molar-refractivity contribution in [2.24, 2.45) is 5.73 Å². The maximum atomic E-state index is 12.2. The van der Waals surface area contributed by atoms with Gasteiger partial charge in [0.2, 0.25) is 5.91 Å². The van der Waals surface area contributed by atoms with Crippen LogP contribution in [0.1, 0.15) is 5.56 Å². The van der Waals surface area contributed by atoms with Gasteiger partial charge in [-0.3, -0.25) is 4.79 Å². The third-order valence-corrected chi connectivity index (χ3v) is 4.13. The number of hydrogen-bond acceptors (Lipinski definition) is 4. The molecular formula is C22H21ClN2O3. The van der Waals surface area contributed by atoms with Gasteiger partial charge in [0.25, 0.3) is 0 Å². The minimum Gasteiger partial charge on any atom is -0.457 e. The van der Waals surface area contributed by atoms with Crippen LogP contribution < -0.4 is 15.8 Å². The van der Waals surface area contributed by atoms with E-state index < -0.39 is 6.04 Å². The highest BCUT2D eigenvalue weighted by Crippen LogP contribution is 2.25. The zero-order chi connectivity index (χ0) is 19.8. The molecule has 3 aromatic rings. The van der Waals surface area contributed by atoms with E-state index in [0.717, 1.165) is 5.56 Å². The van der Waals surface area contributed by atoms with Crippen LogP contribution in [0.5, 0.6) is 11.5 Å². The Morgan fingerprint density at radius 2 is 1.71 bits per heavy atom. The van der Waals surface area contributed by atoms with Crippen LogP contribution in [0.3, 0.4) is 0 Å². The van der Waals surface area contributed by atoms with E-state index in [1.807, 2.05) is 42.5 Å². The molecule has 0 heterocycles. The summed E-state index contributed by atoms with van der Waals surface area (Å²) in [6.45, 7) is 0.550. The lowest BCUT2D eigenvalue weighted by Crippen LogP contribution is -2.39. The van der Waals surface area contributed by atoms with Crippen LogP contribution in [0.2, 0.25) is 5.02 Å². The van der Waals surface area contributed by atoms with Gasteiger partial charge in [0.15, 0.2) is 0 Å². The molecule has 1 amide bonds. The van der Waals surface area contributed by atoms with E-state index in [4.69, 9.17) is 26.8 Å². The number of anilines is 1. The van der Waals surface area contributed by atoms with Crippen LogP contribution in [-0.2, 0) is 16.1 Å². The van der Waals surface area contributed by atoms with Crippen LogP contribution in [0.25, 0.3) is 0 Å². The van der Waals surface area contributed by atoms with Crippen molar-refractivity contribution in [2.45, 2.75) is 12.6 Å². The summed E-state index contributed by atoms with van der Waals surface area (Å²) in [6, 6.07) is 23.1. The summed E-state index contributed by atoms with van der Waals surface area (Å²) in [5, 5.41) is 3.37. The number of amides is 1. The normalized spacial score (nSPS) is 11.6. The van der Waals surface area contributed by atoms with E-state index >= 15 is 0 Å². The minimum atomic E-state index is -0.758. The van der Waals surface area contributed by atoms with Gasteiger partial charge in [-0.1, -0.05) is 48.0 Å². The molecule has 3 N–H and O–H groups in total. The quantitative estimate of drug-likeness (QED) is 0.583. The van der Waals surface area contributed by atoms with E-state index in [1.165, 1.54) is 0 Å². The average molecular weight is 397 g/mol. The molecule has 0 unspecified atom stereocenters. The number of rotatable bonds is 8. The first kappa shape index (κ1) is 19.9. The number of halogens is 1. The lowest BCUT2D eigenvalue weighted by Gasteiger charge is -2.13. The Morgan fingerprint density at radius 1 is 0.964 bits per heavy atom. The molecular weight excluding hydrogens is 376 g/mol. The number of carbonyl (C=O) groups is 1. The Labute approximate surface area is 169 Å². The summed E-state index contributed by atoms with van der Waals surface area (Å²) in [7, 11) is 0. The summed E-state index contributed by atoms with van der Waals surface area (Å²) in [6.07, 6.45) is 0. The van der Waals surface area contributed by atoms with Crippen LogP contribution in [-0.4, -0.2) is 18.6 Å². The van der Waals surface area contributed by atoms with E-state index in [0.29, 0.717) is 28.8 Å². The summed E-state index contributed by atoms with van der Waals surface area (Å²) >= 11 is 5.94. The molecule has 6 heteroatoms. The third kappa shape index (κ3) is 6.09. The van der Waals surface area contributed by atoms with Crippen molar-refractivity contribution in [1.82, 2.24) is 0 Å². The van der Waals surface area contributed by atoms with E-state index in [-0.39, 0.29) is 12.5 Å². The Kier molecular flexibility index (Phi) is 7.03. The van der Waals surface area contributed by atoms with Crippen LogP contribution >= 0.6 is 11.6 Å². The molecule has 0 saturated carbocycles. The lowest BCUT2D eigenvalue weighted by atomic mass is 10.2. The van der Waals surface area contributed by atoms with Gasteiger partial charge in [-0.25, -0.2) is 0 Å². The molecule has 0 aromatic heterocycles. The van der Waals surface area contributed by atoms with Crippen molar-refractivity contribution in [3.8, 4) is 11.5 Å². The number of carbonyl (C=O) groups excluding carboxylic acids is 1. The van der Waals surface area contributed by atoms with Crippen LogP contribution in [0.4, 0.5) is 5.69 Å². The second kappa shape index (κ2) is 9.90. The average Bonchev–Trinajstić information content (AvgIpc) is 2.70. The largest absolute Gasteiger partial charge is 0.457 e. The van der Waals surface area contributed by atoms with Crippen molar-refractivity contribution in [3.05, 3.63) is 89.4 Å². The van der Waals surface area contributed by atoms with Crippen molar-refractivity contribution < 1.29 is 14.3 Å². The highest BCUT2D eigenvalue weighted by atomic mass is 35.5. The summed E-state index contributed by atoms with van der Waals surface area (Å²) < 4.78 is 11.2. The molecule has 0 aliphatic heterocycles. The summed E-state index contributed by atoms with van der Waals surface area (Å²) in [5.41, 5.74) is 7.56. The smallest absolute Gasteiger partial charge is 0.243 e. The van der Waals surface area contributed by atoms with Gasteiger partial charge in [0.05, 0.1) is 13.2 Å². The zero-order valence-electron chi connectivity index (χ0n) is 15.2. The first-order chi connectivity index (χ1) is 13.6. The molecule has 0 bridgehead atoms. The Hall–Kier alpha value is -2.86. The number of nitrogens with one attached hydrogen (secondary N) is 1. The van der Waals surface area contributed by atoms with Crippen LogP contribution in [0, 0.1) is 0 Å². The molecule has 0 saturated heterocycles. The number of benzene rings is 3. The van der Waals surface area contributed by atoms with E-state index in [2.05, 4.69) is 5.32 Å². The van der Waals surface area contributed by atoms with Crippen molar-refractivity contribution in [2.75, 3.05) is 11.9 Å². The Balaban J connectivity index is 1.46. The van der Waals surface area contributed by atoms with E-state index in [1.54, 1.807) is 36.4 Å². The van der Waals surface area contributed by atoms with Gasteiger partial charge >= 0.3 is 0 Å². The molecule has 1 atom stereocenters. The molecule has 0 spiro atoms. The van der Waals surface area contributed by atoms with Gasteiger partial charge in [0.1, 0.15) is 17.5 Å². The van der Waals surface area contributed by atoms with Crippen molar-refractivity contribution >= 4 is 23.2 Å². The molecule has 28 heavy (non-hydrogen) atoms. The highest BCUT2D eigenvalue weighted by Gasteiger charge is 2.14. The van der Waals surface area contributed by atoms with Gasteiger partial charge in [0, 0.05) is 10.7 Å². The van der Waals surface area contributed by atoms with Gasteiger partial charge in [-0.2, -0.15) is 0 Å².